The van der Waals surface area contributed by atoms with Gasteiger partial charge in [0.25, 0.3) is 5.91 Å². The number of rotatable bonds is 4. The zero-order valence-corrected chi connectivity index (χ0v) is 16.8. The molecule has 8 heteroatoms. The molecule has 8 nitrogen and oxygen atoms in total. The number of ether oxygens (including phenoxy) is 1. The van der Waals surface area contributed by atoms with Crippen molar-refractivity contribution in [2.75, 3.05) is 65.0 Å². The summed E-state index contributed by atoms with van der Waals surface area (Å²) in [5.41, 5.74) is 0.531. The number of hydrogen-bond donors (Lipinski definition) is 3. The van der Waals surface area contributed by atoms with Crippen LogP contribution in [-0.4, -0.2) is 82.5 Å². The van der Waals surface area contributed by atoms with E-state index in [0.29, 0.717) is 6.67 Å². The van der Waals surface area contributed by atoms with E-state index in [1.54, 1.807) is 7.11 Å². The van der Waals surface area contributed by atoms with Crippen molar-refractivity contribution in [3.05, 3.63) is 24.3 Å². The molecule has 4 rings (SSSR count). The lowest BCUT2D eigenvalue weighted by molar-refractivity contribution is -0.907. The Morgan fingerprint density at radius 2 is 1.71 bits per heavy atom. The standard InChI is InChI=1S/C20H29N5O3/c1-22-9-7-20(8-10-22)18(26)25(19(27)21-20)15-23-11-13-24(14-12-23)16-3-5-17(28-2)6-4-16/h3-6H,7-15H2,1-2H3,(H,21,27)/p+2. The number of methoxy groups -OCH3 is 1. The highest BCUT2D eigenvalue weighted by Gasteiger charge is 2.54. The van der Waals surface area contributed by atoms with Crippen LogP contribution in [0.3, 0.4) is 0 Å². The number of hydrogen-bond acceptors (Lipinski definition) is 4. The second kappa shape index (κ2) is 7.60. The zero-order valence-electron chi connectivity index (χ0n) is 16.8. The molecular formula is C20H31N5O3+2. The lowest BCUT2D eigenvalue weighted by atomic mass is 9.88. The summed E-state index contributed by atoms with van der Waals surface area (Å²) in [4.78, 5) is 32.0. The first-order valence-electron chi connectivity index (χ1n) is 10.2. The van der Waals surface area contributed by atoms with Gasteiger partial charge in [0.2, 0.25) is 0 Å². The Bertz CT molecular complexity index is 722. The third-order valence-electron chi connectivity index (χ3n) is 6.49. The average molecular weight is 390 g/mol. The fourth-order valence-corrected chi connectivity index (χ4v) is 4.52. The van der Waals surface area contributed by atoms with E-state index in [1.165, 1.54) is 20.4 Å². The molecule has 3 aliphatic rings. The number of imide groups is 1. The SMILES string of the molecule is COc1ccc(N2CC[NH+](CN3C(=O)NC4(CC[NH+](C)CC4)C3=O)CC2)cc1. The number of anilines is 1. The highest BCUT2D eigenvalue weighted by molar-refractivity contribution is 6.06. The lowest BCUT2D eigenvalue weighted by Gasteiger charge is -2.35. The normalized spacial score (nSPS) is 28.7. The molecule has 1 spiro atoms. The average Bonchev–Trinajstić information content (AvgIpc) is 2.95. The summed E-state index contributed by atoms with van der Waals surface area (Å²) >= 11 is 0. The van der Waals surface area contributed by atoms with Crippen LogP contribution in [0.5, 0.6) is 5.75 Å². The predicted molar refractivity (Wildman–Crippen MR) is 105 cm³/mol. The van der Waals surface area contributed by atoms with Gasteiger partial charge >= 0.3 is 6.03 Å². The van der Waals surface area contributed by atoms with Crippen LogP contribution in [0.1, 0.15) is 12.8 Å². The minimum atomic E-state index is -0.652. The minimum Gasteiger partial charge on any atom is -0.497 e. The topological polar surface area (TPSA) is 70.8 Å². The Morgan fingerprint density at radius 3 is 2.32 bits per heavy atom. The molecule has 3 aliphatic heterocycles. The van der Waals surface area contributed by atoms with E-state index < -0.39 is 5.54 Å². The van der Waals surface area contributed by atoms with Gasteiger partial charge in [-0.3, -0.25) is 4.79 Å². The van der Waals surface area contributed by atoms with E-state index in [2.05, 4.69) is 29.4 Å². The van der Waals surface area contributed by atoms with Crippen molar-refractivity contribution in [3.8, 4) is 5.75 Å². The number of piperidine rings is 1. The Labute approximate surface area is 166 Å². The molecule has 0 unspecified atom stereocenters. The van der Waals surface area contributed by atoms with Crippen LogP contribution < -0.4 is 24.8 Å². The summed E-state index contributed by atoms with van der Waals surface area (Å²) in [7, 11) is 3.81. The fraction of sp³-hybridized carbons (Fsp3) is 0.600. The Kier molecular flexibility index (Phi) is 5.16. The molecule has 1 aromatic carbocycles. The van der Waals surface area contributed by atoms with Gasteiger partial charge in [0.15, 0.2) is 6.67 Å². The molecule has 0 atom stereocenters. The first kappa shape index (κ1) is 19.0. The van der Waals surface area contributed by atoms with Gasteiger partial charge in [0.05, 0.1) is 53.4 Å². The molecule has 0 radical (unpaired) electrons. The van der Waals surface area contributed by atoms with Crippen molar-refractivity contribution >= 4 is 17.6 Å². The molecule has 3 saturated heterocycles. The Balaban J connectivity index is 1.33. The minimum absolute atomic E-state index is 0.0184. The maximum Gasteiger partial charge on any atom is 0.329 e. The molecule has 3 fully saturated rings. The maximum absolute atomic E-state index is 13.0. The van der Waals surface area contributed by atoms with Crippen LogP contribution in [0.2, 0.25) is 0 Å². The number of quaternary nitrogens is 2. The van der Waals surface area contributed by atoms with Crippen LogP contribution in [-0.2, 0) is 4.79 Å². The predicted octanol–water partition coefficient (Wildman–Crippen LogP) is -2.04. The maximum atomic E-state index is 13.0. The molecule has 0 aliphatic carbocycles. The number of benzene rings is 1. The number of urea groups is 1. The van der Waals surface area contributed by atoms with Gasteiger partial charge in [-0.05, 0) is 24.3 Å². The first-order valence-corrected chi connectivity index (χ1v) is 10.2. The van der Waals surface area contributed by atoms with Crippen molar-refractivity contribution in [2.24, 2.45) is 0 Å². The van der Waals surface area contributed by atoms with Gasteiger partial charge in [0.1, 0.15) is 11.3 Å². The van der Waals surface area contributed by atoms with Crippen LogP contribution >= 0.6 is 0 Å². The molecule has 0 bridgehead atoms. The highest BCUT2D eigenvalue weighted by Crippen LogP contribution is 2.25. The molecule has 3 heterocycles. The number of carbonyl (C=O) groups excluding carboxylic acids is 2. The number of carbonyl (C=O) groups is 2. The van der Waals surface area contributed by atoms with E-state index in [-0.39, 0.29) is 11.9 Å². The van der Waals surface area contributed by atoms with Crippen LogP contribution in [0.15, 0.2) is 24.3 Å². The summed E-state index contributed by atoms with van der Waals surface area (Å²) in [5.74, 6) is 0.839. The third kappa shape index (κ3) is 3.54. The monoisotopic (exact) mass is 389 g/mol. The molecule has 0 saturated carbocycles. The van der Waals surface area contributed by atoms with Crippen molar-refractivity contribution in [1.82, 2.24) is 10.2 Å². The molecule has 3 amide bonds. The largest absolute Gasteiger partial charge is 0.497 e. The third-order valence-corrected chi connectivity index (χ3v) is 6.49. The Hall–Kier alpha value is -2.32. The van der Waals surface area contributed by atoms with E-state index in [4.69, 9.17) is 4.74 Å². The number of likely N-dealkylation sites (tertiary alicyclic amines) is 1. The van der Waals surface area contributed by atoms with E-state index in [9.17, 15) is 9.59 Å². The highest BCUT2D eigenvalue weighted by atomic mass is 16.5. The van der Waals surface area contributed by atoms with E-state index >= 15 is 0 Å². The lowest BCUT2D eigenvalue weighted by Crippen LogP contribution is -3.16. The van der Waals surface area contributed by atoms with Crippen LogP contribution in [0.4, 0.5) is 10.5 Å². The smallest absolute Gasteiger partial charge is 0.329 e. The molecule has 152 valence electrons. The first-order chi connectivity index (χ1) is 13.5. The number of nitrogens with zero attached hydrogens (tertiary/aromatic N) is 2. The molecule has 0 aromatic heterocycles. The molecular weight excluding hydrogens is 358 g/mol. The van der Waals surface area contributed by atoms with Gasteiger partial charge in [-0.25, -0.2) is 9.69 Å². The fourth-order valence-electron chi connectivity index (χ4n) is 4.52. The molecule has 1 aromatic rings. The van der Waals surface area contributed by atoms with Gasteiger partial charge < -0.3 is 24.8 Å². The summed E-state index contributed by atoms with van der Waals surface area (Å²) < 4.78 is 5.22. The second-order valence-electron chi connectivity index (χ2n) is 8.30. The van der Waals surface area contributed by atoms with E-state index in [0.717, 1.165) is 57.9 Å². The summed E-state index contributed by atoms with van der Waals surface area (Å²) in [6.45, 7) is 5.94. The van der Waals surface area contributed by atoms with Crippen LogP contribution in [0.25, 0.3) is 0 Å². The van der Waals surface area contributed by atoms with E-state index in [1.807, 2.05) is 12.1 Å². The van der Waals surface area contributed by atoms with Crippen molar-refractivity contribution in [1.29, 1.82) is 0 Å². The molecule has 28 heavy (non-hydrogen) atoms. The second-order valence-corrected chi connectivity index (χ2v) is 8.30. The summed E-state index contributed by atoms with van der Waals surface area (Å²) in [6, 6.07) is 7.89. The van der Waals surface area contributed by atoms with Gasteiger partial charge in [-0.15, -0.1) is 0 Å². The number of amides is 3. The quantitative estimate of drug-likeness (QED) is 0.519. The molecule has 3 N–H and O–H groups in total. The van der Waals surface area contributed by atoms with Crippen molar-refractivity contribution in [3.63, 3.8) is 0 Å². The van der Waals surface area contributed by atoms with Gasteiger partial charge in [-0.1, -0.05) is 0 Å². The van der Waals surface area contributed by atoms with Gasteiger partial charge in [-0.2, -0.15) is 0 Å². The number of piperazine rings is 1. The van der Waals surface area contributed by atoms with Crippen LogP contribution in [0, 0.1) is 0 Å². The van der Waals surface area contributed by atoms with Gasteiger partial charge in [0, 0.05) is 18.5 Å². The van der Waals surface area contributed by atoms with Crippen molar-refractivity contribution in [2.45, 2.75) is 18.4 Å². The zero-order chi connectivity index (χ0) is 19.7. The van der Waals surface area contributed by atoms with Crippen molar-refractivity contribution < 1.29 is 24.1 Å². The summed E-state index contributed by atoms with van der Waals surface area (Å²) in [5, 5.41) is 3.01. The Morgan fingerprint density at radius 1 is 1.07 bits per heavy atom. The number of nitrogens with one attached hydrogen (secondary N) is 3. The summed E-state index contributed by atoms with van der Waals surface area (Å²) in [6.07, 6.45) is 1.47.